The van der Waals surface area contributed by atoms with Crippen molar-refractivity contribution in [1.29, 1.82) is 0 Å². The topological polar surface area (TPSA) is 70.2 Å². The van der Waals surface area contributed by atoms with Gasteiger partial charge in [-0.3, -0.25) is 9.59 Å². The van der Waals surface area contributed by atoms with Crippen molar-refractivity contribution < 1.29 is 9.59 Å². The van der Waals surface area contributed by atoms with Crippen LogP contribution in [-0.2, 0) is 22.6 Å². The summed E-state index contributed by atoms with van der Waals surface area (Å²) in [4.78, 5) is 25.7. The molecule has 6 heteroatoms. The Morgan fingerprint density at radius 3 is 2.21 bits per heavy atom. The second kappa shape index (κ2) is 10.4. The number of fused-ring (bicyclic) bond motifs is 1. The number of carbonyl (C=O) groups is 2. The molecule has 0 fully saturated rings. The first kappa shape index (κ1) is 22.9. The van der Waals surface area contributed by atoms with Crippen molar-refractivity contribution in [3.05, 3.63) is 71.3 Å². The van der Waals surface area contributed by atoms with Crippen molar-refractivity contribution in [3.63, 3.8) is 0 Å². The molecule has 0 saturated carbocycles. The summed E-state index contributed by atoms with van der Waals surface area (Å²) in [6.07, 6.45) is 0.634. The van der Waals surface area contributed by atoms with Crippen LogP contribution >= 0.6 is 12.4 Å². The molecule has 1 unspecified atom stereocenters. The van der Waals surface area contributed by atoms with E-state index in [1.807, 2.05) is 63.2 Å². The van der Waals surface area contributed by atoms with E-state index in [2.05, 4.69) is 28.1 Å². The second-order valence-electron chi connectivity index (χ2n) is 7.78. The van der Waals surface area contributed by atoms with Gasteiger partial charge in [-0.2, -0.15) is 0 Å². The van der Waals surface area contributed by atoms with Crippen LogP contribution in [0.2, 0.25) is 0 Å². The van der Waals surface area contributed by atoms with E-state index in [9.17, 15) is 9.59 Å². The van der Waals surface area contributed by atoms with Crippen LogP contribution in [0.25, 0.3) is 0 Å². The number of nitrogens with one attached hydrogen (secondary N) is 3. The lowest BCUT2D eigenvalue weighted by Gasteiger charge is -2.29. The summed E-state index contributed by atoms with van der Waals surface area (Å²) < 4.78 is 0. The van der Waals surface area contributed by atoms with Crippen LogP contribution in [0, 0.1) is 5.92 Å². The van der Waals surface area contributed by atoms with Gasteiger partial charge in [-0.05, 0) is 36.0 Å². The quantitative estimate of drug-likeness (QED) is 0.678. The summed E-state index contributed by atoms with van der Waals surface area (Å²) in [7, 11) is 0. The summed E-state index contributed by atoms with van der Waals surface area (Å²) >= 11 is 0. The molecule has 3 rings (SSSR count). The molecule has 2 aromatic rings. The molecule has 2 aromatic carbocycles. The molecule has 3 atom stereocenters. The van der Waals surface area contributed by atoms with Crippen LogP contribution in [0.1, 0.15) is 43.5 Å². The largest absolute Gasteiger partial charge is 0.348 e. The molecule has 0 radical (unpaired) electrons. The fraction of sp³-hybridized carbons (Fsp3) is 0.391. The van der Waals surface area contributed by atoms with Gasteiger partial charge < -0.3 is 16.0 Å². The molecule has 0 bridgehead atoms. The first-order valence-corrected chi connectivity index (χ1v) is 9.91. The predicted molar refractivity (Wildman–Crippen MR) is 118 cm³/mol. The van der Waals surface area contributed by atoms with Crippen molar-refractivity contribution in [2.24, 2.45) is 5.92 Å². The Morgan fingerprint density at radius 2 is 1.55 bits per heavy atom. The third-order valence-electron chi connectivity index (χ3n) is 5.30. The lowest BCUT2D eigenvalue weighted by atomic mass is 9.94. The zero-order chi connectivity index (χ0) is 20.1. The predicted octanol–water partition coefficient (Wildman–Crippen LogP) is 3.14. The summed E-state index contributed by atoms with van der Waals surface area (Å²) in [6, 6.07) is 16.9. The molecule has 1 heterocycles. The Kier molecular flexibility index (Phi) is 8.23. The van der Waals surface area contributed by atoms with Crippen molar-refractivity contribution in [3.8, 4) is 0 Å². The van der Waals surface area contributed by atoms with Gasteiger partial charge in [-0.15, -0.1) is 12.4 Å². The van der Waals surface area contributed by atoms with Crippen LogP contribution < -0.4 is 16.0 Å². The Bertz CT molecular complexity index is 826. The van der Waals surface area contributed by atoms with Gasteiger partial charge in [0.2, 0.25) is 11.8 Å². The number of amides is 2. The number of halogens is 1. The number of benzene rings is 2. The van der Waals surface area contributed by atoms with Gasteiger partial charge in [0.25, 0.3) is 0 Å². The Hall–Kier alpha value is -2.37. The Balaban J connectivity index is 0.00000300. The smallest absolute Gasteiger partial charge is 0.243 e. The van der Waals surface area contributed by atoms with Crippen molar-refractivity contribution >= 4 is 24.2 Å². The number of rotatable bonds is 6. The molecule has 156 valence electrons. The van der Waals surface area contributed by atoms with Gasteiger partial charge in [0.1, 0.15) is 6.04 Å². The lowest BCUT2D eigenvalue weighted by Crippen LogP contribution is -2.56. The normalized spacial score (nSPS) is 17.4. The van der Waals surface area contributed by atoms with Crippen molar-refractivity contribution in [2.45, 2.75) is 51.9 Å². The summed E-state index contributed by atoms with van der Waals surface area (Å²) in [5.74, 6) is -0.297. The van der Waals surface area contributed by atoms with Crippen LogP contribution in [0.4, 0.5) is 0 Å². The maximum absolute atomic E-state index is 12.8. The maximum Gasteiger partial charge on any atom is 0.243 e. The molecule has 5 nitrogen and oxygen atoms in total. The highest BCUT2D eigenvalue weighted by Gasteiger charge is 2.30. The molecular formula is C23H30ClN3O2. The van der Waals surface area contributed by atoms with E-state index in [0.717, 1.165) is 5.56 Å². The van der Waals surface area contributed by atoms with E-state index < -0.39 is 6.04 Å². The van der Waals surface area contributed by atoms with E-state index in [1.54, 1.807) is 0 Å². The Labute approximate surface area is 179 Å². The van der Waals surface area contributed by atoms with E-state index in [0.29, 0.717) is 13.0 Å². The number of hydrogen-bond donors (Lipinski definition) is 3. The monoisotopic (exact) mass is 415 g/mol. The average Bonchev–Trinajstić information content (AvgIpc) is 2.71. The minimum atomic E-state index is -0.572. The third kappa shape index (κ3) is 5.81. The molecule has 2 amide bonds. The molecule has 0 saturated heterocycles. The van der Waals surface area contributed by atoms with Gasteiger partial charge in [-0.1, -0.05) is 68.4 Å². The van der Waals surface area contributed by atoms with E-state index in [-0.39, 0.29) is 42.2 Å². The first-order valence-electron chi connectivity index (χ1n) is 9.91. The maximum atomic E-state index is 12.8. The van der Waals surface area contributed by atoms with Gasteiger partial charge in [0.15, 0.2) is 0 Å². The number of carbonyl (C=O) groups excluding carboxylic acids is 2. The van der Waals surface area contributed by atoms with Gasteiger partial charge >= 0.3 is 0 Å². The van der Waals surface area contributed by atoms with Gasteiger partial charge in [0.05, 0.1) is 12.1 Å². The zero-order valence-corrected chi connectivity index (χ0v) is 18.0. The van der Waals surface area contributed by atoms with E-state index >= 15 is 0 Å². The summed E-state index contributed by atoms with van der Waals surface area (Å²) in [6.45, 7) is 6.51. The SMILES string of the molecule is CC(NC(=O)[C@@H](NC(=O)[C@@H]1Cc2ccccc2CN1)C(C)C)c1ccccc1.Cl. The molecular weight excluding hydrogens is 386 g/mol. The van der Waals surface area contributed by atoms with Crippen molar-refractivity contribution in [1.82, 2.24) is 16.0 Å². The van der Waals surface area contributed by atoms with Crippen molar-refractivity contribution in [2.75, 3.05) is 0 Å². The van der Waals surface area contributed by atoms with E-state index in [1.165, 1.54) is 11.1 Å². The van der Waals surface area contributed by atoms with Gasteiger partial charge in [-0.25, -0.2) is 0 Å². The third-order valence-corrected chi connectivity index (χ3v) is 5.30. The zero-order valence-electron chi connectivity index (χ0n) is 17.1. The highest BCUT2D eigenvalue weighted by Crippen LogP contribution is 2.17. The molecule has 0 aliphatic carbocycles. The average molecular weight is 416 g/mol. The minimum absolute atomic E-state index is 0. The molecule has 0 aromatic heterocycles. The van der Waals surface area contributed by atoms with Crippen LogP contribution in [-0.4, -0.2) is 23.9 Å². The second-order valence-corrected chi connectivity index (χ2v) is 7.78. The molecule has 3 N–H and O–H groups in total. The summed E-state index contributed by atoms with van der Waals surface area (Å²) in [5, 5.41) is 9.27. The molecule has 29 heavy (non-hydrogen) atoms. The molecule has 1 aliphatic heterocycles. The molecule has 0 spiro atoms. The van der Waals surface area contributed by atoms with Crippen LogP contribution in [0.5, 0.6) is 0 Å². The Morgan fingerprint density at radius 1 is 0.931 bits per heavy atom. The molecule has 1 aliphatic rings. The minimum Gasteiger partial charge on any atom is -0.348 e. The summed E-state index contributed by atoms with van der Waals surface area (Å²) in [5.41, 5.74) is 3.45. The van der Waals surface area contributed by atoms with Crippen LogP contribution in [0.3, 0.4) is 0 Å². The first-order chi connectivity index (χ1) is 13.5. The van der Waals surface area contributed by atoms with E-state index in [4.69, 9.17) is 0 Å². The van der Waals surface area contributed by atoms with Crippen LogP contribution in [0.15, 0.2) is 54.6 Å². The highest BCUT2D eigenvalue weighted by molar-refractivity contribution is 5.90. The lowest BCUT2D eigenvalue weighted by molar-refractivity contribution is -0.131. The highest BCUT2D eigenvalue weighted by atomic mass is 35.5. The fourth-order valence-corrected chi connectivity index (χ4v) is 3.56. The standard InChI is InChI=1S/C23H29N3O2.ClH/c1-15(2)21(23(28)25-16(3)17-9-5-4-6-10-17)26-22(27)20-13-18-11-7-8-12-19(18)14-24-20;/h4-12,15-16,20-21,24H,13-14H2,1-3H3,(H,25,28)(H,26,27);1H/t16?,20-,21-;/m0./s1. The fourth-order valence-electron chi connectivity index (χ4n) is 3.56. The van der Waals surface area contributed by atoms with Gasteiger partial charge in [0, 0.05) is 6.54 Å². The number of hydrogen-bond acceptors (Lipinski definition) is 3.